The predicted molar refractivity (Wildman–Crippen MR) is 181 cm³/mol. The summed E-state index contributed by atoms with van der Waals surface area (Å²) in [5.74, 6) is -12.0. The Morgan fingerprint density at radius 3 is 1.03 bits per heavy atom. The molecule has 39 heavy (non-hydrogen) atoms. The lowest BCUT2D eigenvalue weighted by molar-refractivity contribution is 0.606. The van der Waals surface area contributed by atoms with E-state index < -0.39 is 42.6 Å². The van der Waals surface area contributed by atoms with Gasteiger partial charge < -0.3 is 9.05 Å². The van der Waals surface area contributed by atoms with Gasteiger partial charge in [0.2, 0.25) is 0 Å². The van der Waals surface area contributed by atoms with Gasteiger partial charge in [-0.15, -0.1) is 0 Å². The van der Waals surface area contributed by atoms with Crippen LogP contribution in [-0.4, -0.2) is 0 Å². The number of hydrogen-bond donors (Lipinski definition) is 0. The average Bonchev–Trinajstić information content (AvgIpc) is 2.68. The highest BCUT2D eigenvalue weighted by molar-refractivity contribution is 8.23. The SMILES string of the molecule is CC(C)(c1ccc(OP2(Cl)=NP(Cl)(Cl)=NP(Cl)(Cl)=N2)cc1)c1ccc(OP2(Cl)=NP(Cl)(Cl)=NP(Cl)(Cl)=N2)cc1. The van der Waals surface area contributed by atoms with Crippen LogP contribution in [0.1, 0.15) is 25.0 Å². The zero-order valence-corrected chi connectivity index (χ0v) is 32.0. The van der Waals surface area contributed by atoms with Crippen molar-refractivity contribution < 1.29 is 9.05 Å². The number of hydrogen-bond acceptors (Lipinski definition) is 8. The second-order valence-electron chi connectivity index (χ2n) is 8.16. The van der Waals surface area contributed by atoms with Gasteiger partial charge in [0.25, 0.3) is 23.6 Å². The molecule has 2 aromatic carbocycles. The van der Waals surface area contributed by atoms with Crippen molar-refractivity contribution in [3.63, 3.8) is 0 Å². The Bertz CT molecular complexity index is 1520. The molecule has 0 N–H and O–H groups in total. The maximum atomic E-state index is 6.48. The van der Waals surface area contributed by atoms with Gasteiger partial charge in [0.05, 0.1) is 0 Å². The molecule has 0 saturated heterocycles. The monoisotopic (exact) mass is 846 g/mol. The van der Waals surface area contributed by atoms with E-state index in [9.17, 15) is 0 Å². The lowest BCUT2D eigenvalue weighted by Crippen LogP contribution is -2.18. The van der Waals surface area contributed by atoms with Gasteiger partial charge in [-0.3, -0.25) is 0 Å². The molecule has 2 unspecified atom stereocenters. The van der Waals surface area contributed by atoms with Crippen LogP contribution in [-0.2, 0) is 5.41 Å². The van der Waals surface area contributed by atoms with Crippen LogP contribution in [0.4, 0.5) is 0 Å². The Hall–Kier alpha value is 2.32. The highest BCUT2D eigenvalue weighted by atomic mass is 35.9. The molecule has 2 atom stereocenters. The van der Waals surface area contributed by atoms with Gasteiger partial charge >= 0.3 is 13.6 Å². The van der Waals surface area contributed by atoms with Gasteiger partial charge in [-0.1, -0.05) is 38.1 Å². The molecule has 0 spiro atoms. The fourth-order valence-corrected chi connectivity index (χ4v) is 36.4. The first kappa shape index (κ1) is 34.2. The molecule has 4 rings (SSSR count). The van der Waals surface area contributed by atoms with Crippen molar-refractivity contribution in [1.29, 1.82) is 0 Å². The molecular weight excluding hydrogens is 837 g/mol. The zero-order valence-electron chi connectivity index (χ0n) is 19.1. The van der Waals surface area contributed by atoms with E-state index in [1.807, 2.05) is 38.1 Å². The minimum atomic E-state index is -3.36. The smallest absolute Gasteiger partial charge is 0.350 e. The van der Waals surface area contributed by atoms with Gasteiger partial charge in [0.15, 0.2) is 0 Å². The molecule has 2 aliphatic rings. The number of benzene rings is 2. The summed E-state index contributed by atoms with van der Waals surface area (Å²) in [5.41, 5.74) is 1.49. The molecule has 0 aromatic heterocycles. The molecule has 0 amide bonds. The van der Waals surface area contributed by atoms with E-state index in [0.717, 1.165) is 11.1 Å². The molecule has 0 radical (unpaired) electrons. The summed E-state index contributed by atoms with van der Waals surface area (Å²) in [7, 11) is 0. The Balaban J connectivity index is 1.55. The van der Waals surface area contributed by atoms with Gasteiger partial charge in [-0.05, 0) is 148 Å². The van der Waals surface area contributed by atoms with Crippen molar-refractivity contribution in [3.8, 4) is 11.5 Å². The molecule has 0 saturated carbocycles. The van der Waals surface area contributed by atoms with Gasteiger partial charge in [0.1, 0.15) is 11.5 Å². The van der Waals surface area contributed by atoms with Crippen molar-refractivity contribution in [2.45, 2.75) is 19.3 Å². The van der Waals surface area contributed by atoms with E-state index in [4.69, 9.17) is 121 Å². The third-order valence-electron chi connectivity index (χ3n) is 4.90. The van der Waals surface area contributed by atoms with Crippen molar-refractivity contribution in [3.05, 3.63) is 59.7 Å². The second-order valence-corrected chi connectivity index (χ2v) is 34.4. The maximum Gasteiger partial charge on any atom is 0.350 e. The summed E-state index contributed by atoms with van der Waals surface area (Å²) in [6, 6.07) is 14.4. The number of rotatable bonds is 6. The highest BCUT2D eigenvalue weighted by Gasteiger charge is 2.36. The van der Waals surface area contributed by atoms with Gasteiger partial charge in [0, 0.05) is 5.41 Å². The summed E-state index contributed by atoms with van der Waals surface area (Å²) < 4.78 is 35.8. The summed E-state index contributed by atoms with van der Waals surface area (Å²) in [6.45, 7) is -2.62. The standard InChI is InChI=1S/C15H14Cl10N6O2P6/c1-15(2,11-3-7-13(8-4-11)32-38(24)28-34(16,17)26-35(18,19)29-38)12-5-9-14(10-6-12)33-39(25)30-36(20,21)27-37(22,23)31-39/h3-10H,1-2H3. The molecule has 8 nitrogen and oxygen atoms in total. The van der Waals surface area contributed by atoms with Crippen LogP contribution in [0.25, 0.3) is 0 Å². The molecule has 0 aliphatic carbocycles. The maximum absolute atomic E-state index is 6.48. The normalized spacial score (nSPS) is 28.2. The summed E-state index contributed by atoms with van der Waals surface area (Å²) >= 11 is 61.9. The first-order valence-corrected chi connectivity index (χ1v) is 29.1. The van der Waals surface area contributed by atoms with E-state index in [1.54, 1.807) is 24.3 Å². The minimum Gasteiger partial charge on any atom is -0.431 e. The summed E-state index contributed by atoms with van der Waals surface area (Å²) in [5, 5.41) is 0. The largest absolute Gasteiger partial charge is 0.431 e. The van der Waals surface area contributed by atoms with Crippen molar-refractivity contribution >= 4 is 150 Å². The predicted octanol–water partition coefficient (Wildman–Crippen LogP) is 16.9. The Labute approximate surface area is 273 Å². The van der Waals surface area contributed by atoms with Gasteiger partial charge in [-0.25, -0.2) is 0 Å². The average molecular weight is 851 g/mol. The van der Waals surface area contributed by atoms with E-state index in [0.29, 0.717) is 11.5 Å². The first-order chi connectivity index (χ1) is 17.6. The molecule has 216 valence electrons. The van der Waals surface area contributed by atoms with E-state index in [2.05, 4.69) is 27.1 Å². The molecular formula is C15H14Cl10N6O2P6. The molecule has 2 heterocycles. The quantitative estimate of drug-likeness (QED) is 0.271. The van der Waals surface area contributed by atoms with Crippen LogP contribution >= 0.6 is 150 Å². The summed E-state index contributed by atoms with van der Waals surface area (Å²) in [6.07, 6.45) is 0. The third-order valence-corrected chi connectivity index (χ3v) is 28.8. The Morgan fingerprint density at radius 2 is 0.744 bits per heavy atom. The minimum absolute atomic E-state index is 0.385. The summed E-state index contributed by atoms with van der Waals surface area (Å²) in [4.78, 5) is 0. The fraction of sp³-hybridized carbons (Fsp3) is 0.200. The zero-order chi connectivity index (χ0) is 29.1. The van der Waals surface area contributed by atoms with Crippen molar-refractivity contribution in [2.75, 3.05) is 0 Å². The van der Waals surface area contributed by atoms with Crippen LogP contribution in [0.5, 0.6) is 11.5 Å². The molecule has 2 aromatic rings. The van der Waals surface area contributed by atoms with Crippen molar-refractivity contribution in [2.24, 2.45) is 27.1 Å². The van der Waals surface area contributed by atoms with Gasteiger partial charge in [-0.2, -0.15) is 27.1 Å². The third kappa shape index (κ3) is 9.18. The fourth-order valence-electron chi connectivity index (χ4n) is 3.27. The number of nitrogens with zero attached hydrogens (tertiary/aromatic N) is 6. The first-order valence-electron chi connectivity index (χ1n) is 10.0. The lowest BCUT2D eigenvalue weighted by Gasteiger charge is -2.27. The highest BCUT2D eigenvalue weighted by Crippen LogP contribution is 2.87. The molecule has 2 aliphatic heterocycles. The topological polar surface area (TPSA) is 92.6 Å². The van der Waals surface area contributed by atoms with Crippen LogP contribution in [0, 0.1) is 0 Å². The number of halogens is 10. The lowest BCUT2D eigenvalue weighted by atomic mass is 9.78. The van der Waals surface area contributed by atoms with Crippen molar-refractivity contribution in [1.82, 2.24) is 0 Å². The van der Waals surface area contributed by atoms with Crippen LogP contribution in [0.2, 0.25) is 0 Å². The van der Waals surface area contributed by atoms with E-state index in [-0.39, 0.29) is 0 Å². The van der Waals surface area contributed by atoms with Crippen LogP contribution in [0.15, 0.2) is 75.6 Å². The Kier molecular flexibility index (Phi) is 10.5. The molecule has 0 bridgehead atoms. The van der Waals surface area contributed by atoms with E-state index >= 15 is 0 Å². The Morgan fingerprint density at radius 1 is 0.462 bits per heavy atom. The van der Waals surface area contributed by atoms with Crippen LogP contribution in [0.3, 0.4) is 0 Å². The van der Waals surface area contributed by atoms with Crippen LogP contribution < -0.4 is 9.05 Å². The second kappa shape index (κ2) is 11.9. The van der Waals surface area contributed by atoms with E-state index in [1.165, 1.54) is 0 Å². The molecule has 0 fully saturated rings. The molecule has 24 heteroatoms.